The Balaban J connectivity index is 1.19. The number of alkyl halides is 1. The van der Waals surface area contributed by atoms with E-state index in [1.807, 2.05) is 34.1 Å². The van der Waals surface area contributed by atoms with Gasteiger partial charge in [-0.1, -0.05) is 6.07 Å². The van der Waals surface area contributed by atoms with Crippen LogP contribution in [-0.4, -0.2) is 85.3 Å². The van der Waals surface area contributed by atoms with Gasteiger partial charge in [0.1, 0.15) is 29.2 Å². The maximum Gasteiger partial charge on any atom is 0.255 e. The van der Waals surface area contributed by atoms with Crippen molar-refractivity contribution in [1.29, 1.82) is 5.26 Å². The summed E-state index contributed by atoms with van der Waals surface area (Å²) in [6, 6.07) is 13.2. The summed E-state index contributed by atoms with van der Waals surface area (Å²) < 4.78 is 25.8. The van der Waals surface area contributed by atoms with Crippen molar-refractivity contribution >= 4 is 22.7 Å². The molecule has 4 aromatic rings. The molecule has 1 amide bonds. The topological polar surface area (TPSA) is 98.7 Å². The monoisotopic (exact) mass is 566 g/mol. The molecule has 6 heterocycles. The van der Waals surface area contributed by atoms with Crippen molar-refractivity contribution in [2.24, 2.45) is 11.8 Å². The lowest BCUT2D eigenvalue weighted by Gasteiger charge is -2.19. The number of anilines is 1. The zero-order valence-corrected chi connectivity index (χ0v) is 23.6. The van der Waals surface area contributed by atoms with Crippen LogP contribution in [0.15, 0.2) is 53.2 Å². The first-order chi connectivity index (χ1) is 20.4. The first kappa shape index (κ1) is 26.4. The van der Waals surface area contributed by atoms with E-state index in [1.165, 1.54) is 0 Å². The maximum absolute atomic E-state index is 13.8. The van der Waals surface area contributed by atoms with Crippen LogP contribution in [0.2, 0.25) is 0 Å². The maximum atomic E-state index is 13.8. The van der Waals surface area contributed by atoms with Crippen molar-refractivity contribution < 1.29 is 18.3 Å². The van der Waals surface area contributed by atoms with Crippen LogP contribution in [0, 0.1) is 23.2 Å². The van der Waals surface area contributed by atoms with Crippen molar-refractivity contribution in [1.82, 2.24) is 19.8 Å². The number of hydrogen-bond acceptors (Lipinski definition) is 8. The number of halogens is 1. The van der Waals surface area contributed by atoms with Crippen molar-refractivity contribution in [3.63, 3.8) is 0 Å². The van der Waals surface area contributed by atoms with E-state index in [-0.39, 0.29) is 5.91 Å². The number of nitriles is 1. The fourth-order valence-electron chi connectivity index (χ4n) is 6.77. The Morgan fingerprint density at radius 3 is 2.62 bits per heavy atom. The molecule has 0 aliphatic carbocycles. The van der Waals surface area contributed by atoms with Crippen LogP contribution in [0.3, 0.4) is 0 Å². The number of rotatable bonds is 5. The Labute approximate surface area is 243 Å². The van der Waals surface area contributed by atoms with Crippen LogP contribution in [0.5, 0.6) is 5.75 Å². The number of aromatic nitrogens is 2. The predicted molar refractivity (Wildman–Crippen MR) is 156 cm³/mol. The highest BCUT2D eigenvalue weighted by atomic mass is 19.1. The standard InChI is InChI=1S/C32H31FN6O3/c1-37-14-22-16-39(17-23(22)15-37)32(40)21-10-28(41-2)30(36-13-21)29-11-26-31(42-29)25(5-7-35-26)19-3-4-27(20(9-19)12-34)38-8-6-24(33)18-38/h3-5,7,9-11,13,22-24H,6,8,14-18H2,1-2H3/t22?,23?,24-/m1/s1. The van der Waals surface area contributed by atoms with Gasteiger partial charge in [0, 0.05) is 63.3 Å². The van der Waals surface area contributed by atoms with Crippen molar-refractivity contribution in [3.8, 4) is 34.4 Å². The Bertz CT molecular complexity index is 1720. The summed E-state index contributed by atoms with van der Waals surface area (Å²) in [4.78, 5) is 28.6. The summed E-state index contributed by atoms with van der Waals surface area (Å²) in [5.41, 5.74) is 4.92. The number of methoxy groups -OCH3 is 1. The highest BCUT2D eigenvalue weighted by Gasteiger charge is 2.40. The van der Waals surface area contributed by atoms with Crippen molar-refractivity contribution in [2.45, 2.75) is 12.6 Å². The van der Waals surface area contributed by atoms with E-state index in [2.05, 4.69) is 28.0 Å². The Hall–Kier alpha value is -4.49. The third-order valence-corrected chi connectivity index (χ3v) is 8.82. The quantitative estimate of drug-likeness (QED) is 0.345. The van der Waals surface area contributed by atoms with Crippen LogP contribution >= 0.6 is 0 Å². The number of carbonyl (C=O) groups excluding carboxylic acids is 1. The van der Waals surface area contributed by atoms with Gasteiger partial charge in [0.15, 0.2) is 11.3 Å². The lowest BCUT2D eigenvalue weighted by Crippen LogP contribution is -2.32. The van der Waals surface area contributed by atoms with Crippen molar-refractivity contribution in [3.05, 3.63) is 59.9 Å². The molecule has 42 heavy (non-hydrogen) atoms. The highest BCUT2D eigenvalue weighted by molar-refractivity contribution is 5.96. The summed E-state index contributed by atoms with van der Waals surface area (Å²) in [6.45, 7) is 4.46. The van der Waals surface area contributed by atoms with Gasteiger partial charge in [0.25, 0.3) is 5.91 Å². The molecule has 3 aromatic heterocycles. The van der Waals surface area contributed by atoms with Crippen LogP contribution in [0.25, 0.3) is 33.7 Å². The molecule has 0 saturated carbocycles. The van der Waals surface area contributed by atoms with Gasteiger partial charge in [-0.05, 0) is 55.1 Å². The molecule has 7 rings (SSSR count). The number of likely N-dealkylation sites (tertiary alicyclic amines) is 2. The molecular weight excluding hydrogens is 535 g/mol. The average Bonchev–Trinajstić information content (AvgIpc) is 3.79. The lowest BCUT2D eigenvalue weighted by atomic mass is 10.0. The van der Waals surface area contributed by atoms with Gasteiger partial charge in [0.05, 0.1) is 23.9 Å². The minimum atomic E-state index is -0.877. The van der Waals surface area contributed by atoms with E-state index in [0.29, 0.717) is 70.8 Å². The third-order valence-electron chi connectivity index (χ3n) is 8.82. The van der Waals surface area contributed by atoms with Gasteiger partial charge < -0.3 is 23.9 Å². The normalized spacial score (nSPS) is 22.1. The molecule has 3 aliphatic heterocycles. The molecule has 0 spiro atoms. The molecule has 0 bridgehead atoms. The second-order valence-electron chi connectivity index (χ2n) is 11.6. The first-order valence-electron chi connectivity index (χ1n) is 14.3. The smallest absolute Gasteiger partial charge is 0.255 e. The number of pyridine rings is 2. The van der Waals surface area contributed by atoms with Crippen LogP contribution in [0.4, 0.5) is 10.1 Å². The van der Waals surface area contributed by atoms with E-state index in [9.17, 15) is 14.4 Å². The van der Waals surface area contributed by atoms with E-state index in [0.717, 1.165) is 43.0 Å². The number of fused-ring (bicyclic) bond motifs is 2. The number of carbonyl (C=O) groups is 1. The molecule has 1 aromatic carbocycles. The summed E-state index contributed by atoms with van der Waals surface area (Å²) in [6.07, 6.45) is 2.87. The Morgan fingerprint density at radius 2 is 1.90 bits per heavy atom. The summed E-state index contributed by atoms with van der Waals surface area (Å²) in [5, 5.41) is 9.87. The van der Waals surface area contributed by atoms with Gasteiger partial charge in [-0.2, -0.15) is 5.26 Å². The van der Waals surface area contributed by atoms with Gasteiger partial charge in [-0.3, -0.25) is 9.78 Å². The first-order valence-corrected chi connectivity index (χ1v) is 14.3. The Morgan fingerprint density at radius 1 is 1.10 bits per heavy atom. The molecule has 0 radical (unpaired) electrons. The summed E-state index contributed by atoms with van der Waals surface area (Å²) in [7, 11) is 3.68. The fraction of sp³-hybridized carbons (Fsp3) is 0.375. The molecular formula is C32H31FN6O3. The number of hydrogen-bond donors (Lipinski definition) is 0. The summed E-state index contributed by atoms with van der Waals surface area (Å²) in [5.74, 6) is 1.91. The number of nitrogens with zero attached hydrogens (tertiary/aromatic N) is 6. The molecule has 3 atom stereocenters. The summed E-state index contributed by atoms with van der Waals surface area (Å²) >= 11 is 0. The lowest BCUT2D eigenvalue weighted by molar-refractivity contribution is 0.0775. The molecule has 10 heteroatoms. The molecule has 3 fully saturated rings. The number of amides is 1. The largest absolute Gasteiger partial charge is 0.494 e. The second-order valence-corrected chi connectivity index (χ2v) is 11.6. The number of benzene rings is 1. The number of ether oxygens (including phenoxy) is 1. The van der Waals surface area contributed by atoms with Crippen LogP contribution in [0.1, 0.15) is 22.3 Å². The highest BCUT2D eigenvalue weighted by Crippen LogP contribution is 2.38. The van der Waals surface area contributed by atoms with E-state index >= 15 is 0 Å². The van der Waals surface area contributed by atoms with Crippen LogP contribution in [-0.2, 0) is 0 Å². The zero-order valence-electron chi connectivity index (χ0n) is 23.6. The molecule has 2 unspecified atom stereocenters. The minimum Gasteiger partial charge on any atom is -0.494 e. The third kappa shape index (κ3) is 4.54. The minimum absolute atomic E-state index is 0.0364. The van der Waals surface area contributed by atoms with E-state index in [1.54, 1.807) is 31.6 Å². The molecule has 0 N–H and O–H groups in total. The van der Waals surface area contributed by atoms with Crippen LogP contribution < -0.4 is 9.64 Å². The van der Waals surface area contributed by atoms with E-state index < -0.39 is 6.17 Å². The number of furan rings is 1. The van der Waals surface area contributed by atoms with Gasteiger partial charge in [0.2, 0.25) is 0 Å². The van der Waals surface area contributed by atoms with E-state index in [4.69, 9.17) is 9.15 Å². The Kier molecular flexibility index (Phi) is 6.54. The second kappa shape index (κ2) is 10.4. The van der Waals surface area contributed by atoms with Crippen molar-refractivity contribution in [2.75, 3.05) is 58.3 Å². The van der Waals surface area contributed by atoms with Gasteiger partial charge in [-0.25, -0.2) is 9.37 Å². The molecule has 9 nitrogen and oxygen atoms in total. The molecule has 3 aliphatic rings. The van der Waals surface area contributed by atoms with Gasteiger partial charge >= 0.3 is 0 Å². The molecule has 214 valence electrons. The zero-order chi connectivity index (χ0) is 29.0. The van der Waals surface area contributed by atoms with Gasteiger partial charge in [-0.15, -0.1) is 0 Å². The SMILES string of the molecule is COc1cc(C(=O)N2CC3CN(C)CC3C2)cnc1-c1cc2nccc(-c3ccc(N4CC[C@@H](F)C4)c(C#N)c3)c2o1. The average molecular weight is 567 g/mol. The predicted octanol–water partition coefficient (Wildman–Crippen LogP) is 4.62. The molecule has 3 saturated heterocycles. The fourth-order valence-corrected chi connectivity index (χ4v) is 6.77.